The third-order valence-corrected chi connectivity index (χ3v) is 6.64. The number of amides is 2. The van der Waals surface area contributed by atoms with E-state index in [9.17, 15) is 24.5 Å². The second-order valence-corrected chi connectivity index (χ2v) is 7.72. The number of nitro benzene ring substituents is 1. The van der Waals surface area contributed by atoms with Crippen molar-refractivity contribution in [1.82, 2.24) is 4.90 Å². The number of imide groups is 1. The molecule has 9 heteroatoms. The molecule has 1 aromatic carbocycles. The van der Waals surface area contributed by atoms with Gasteiger partial charge in [0.25, 0.3) is 5.69 Å². The van der Waals surface area contributed by atoms with Gasteiger partial charge in [-0.15, -0.1) is 0 Å². The third kappa shape index (κ3) is 2.02. The number of rotatable bonds is 5. The van der Waals surface area contributed by atoms with Crippen molar-refractivity contribution in [2.75, 3.05) is 11.4 Å². The van der Waals surface area contributed by atoms with Crippen LogP contribution in [0, 0.1) is 33.8 Å². The molecule has 27 heavy (non-hydrogen) atoms. The van der Waals surface area contributed by atoms with E-state index in [0.29, 0.717) is 5.69 Å². The van der Waals surface area contributed by atoms with Gasteiger partial charge in [-0.2, -0.15) is 0 Å². The molecule has 2 aliphatic carbocycles. The number of aliphatic carboxylic acids is 1. The van der Waals surface area contributed by atoms with Crippen LogP contribution in [0.3, 0.4) is 0 Å². The summed E-state index contributed by atoms with van der Waals surface area (Å²) in [6, 6.07) is 6.66. The summed E-state index contributed by atoms with van der Waals surface area (Å²) in [6.07, 6.45) is 0.535. The van der Waals surface area contributed by atoms with E-state index in [-0.39, 0.29) is 54.4 Å². The van der Waals surface area contributed by atoms with Crippen LogP contribution in [0.1, 0.15) is 12.8 Å². The van der Waals surface area contributed by atoms with E-state index < -0.39 is 22.7 Å². The van der Waals surface area contributed by atoms with Crippen LogP contribution in [0.2, 0.25) is 0 Å². The summed E-state index contributed by atoms with van der Waals surface area (Å²) >= 11 is 0. The van der Waals surface area contributed by atoms with Crippen molar-refractivity contribution in [1.29, 1.82) is 0 Å². The van der Waals surface area contributed by atoms with Crippen molar-refractivity contribution in [2.45, 2.75) is 24.9 Å². The number of carboxylic acids is 1. The number of hydrogen-bond acceptors (Lipinski definition) is 6. The lowest BCUT2D eigenvalue weighted by atomic mass is 9.81. The number of carbonyl (C=O) groups is 3. The quantitative estimate of drug-likeness (QED) is 0.353. The number of piperidine rings is 1. The second kappa shape index (κ2) is 5.28. The Morgan fingerprint density at radius 2 is 1.74 bits per heavy atom. The first-order valence-electron chi connectivity index (χ1n) is 9.00. The Morgan fingerprint density at radius 3 is 2.30 bits per heavy atom. The number of carbonyl (C=O) groups excluding carboxylic acids is 2. The van der Waals surface area contributed by atoms with E-state index in [0.717, 1.165) is 11.3 Å². The van der Waals surface area contributed by atoms with Crippen LogP contribution >= 0.6 is 0 Å². The van der Waals surface area contributed by atoms with E-state index >= 15 is 0 Å². The van der Waals surface area contributed by atoms with Crippen molar-refractivity contribution in [3.63, 3.8) is 0 Å². The number of benzene rings is 1. The average molecular weight is 371 g/mol. The standard InChI is InChI=1S/C18H17N3O6/c22-12(23)5-6-19-17(24)13-8-7-9(14(13)18(19)25)16-15(8)20(16)10-3-1-2-4-11(10)21(26)27/h1-4,8-9,13-16H,5-7H2,(H,22,23). The van der Waals surface area contributed by atoms with Gasteiger partial charge in [-0.05, 0) is 24.3 Å². The fourth-order valence-electron chi connectivity index (χ4n) is 5.76. The number of para-hydroxylation sites is 2. The van der Waals surface area contributed by atoms with E-state index in [2.05, 4.69) is 0 Å². The molecule has 2 bridgehead atoms. The Kier molecular flexibility index (Phi) is 3.17. The maximum absolute atomic E-state index is 12.8. The minimum Gasteiger partial charge on any atom is -0.481 e. The van der Waals surface area contributed by atoms with Gasteiger partial charge in [0.1, 0.15) is 5.69 Å². The molecular weight excluding hydrogens is 354 g/mol. The van der Waals surface area contributed by atoms with E-state index in [4.69, 9.17) is 5.11 Å². The summed E-state index contributed by atoms with van der Waals surface area (Å²) in [6.45, 7) is -0.0807. The number of nitrogens with zero attached hydrogens (tertiary/aromatic N) is 3. The minimum absolute atomic E-state index is 0.00362. The van der Waals surface area contributed by atoms with Gasteiger partial charge in [-0.3, -0.25) is 29.4 Å². The second-order valence-electron chi connectivity index (χ2n) is 7.72. The highest BCUT2D eigenvalue weighted by molar-refractivity contribution is 6.07. The largest absolute Gasteiger partial charge is 0.481 e. The summed E-state index contributed by atoms with van der Waals surface area (Å²) in [5, 5.41) is 20.2. The number of hydrogen-bond donors (Lipinski definition) is 1. The number of nitro groups is 1. The highest BCUT2D eigenvalue weighted by Gasteiger charge is 2.76. The van der Waals surface area contributed by atoms with E-state index in [1.807, 2.05) is 4.90 Å². The first-order valence-corrected chi connectivity index (χ1v) is 9.00. The Bertz CT molecular complexity index is 867. The smallest absolute Gasteiger partial charge is 0.305 e. The molecule has 1 N–H and O–H groups in total. The molecule has 6 unspecified atom stereocenters. The fraction of sp³-hybridized carbons (Fsp3) is 0.500. The molecule has 5 rings (SSSR count). The lowest BCUT2D eigenvalue weighted by Gasteiger charge is -2.19. The molecule has 4 fully saturated rings. The summed E-state index contributed by atoms with van der Waals surface area (Å²) in [4.78, 5) is 50.4. The molecular formula is C18H17N3O6. The summed E-state index contributed by atoms with van der Waals surface area (Å²) in [7, 11) is 0. The SMILES string of the molecule is O=C(O)CCN1C(=O)C2C3CC(C2C1=O)C1C3N1c1ccccc1[N+](=O)[O-]. The number of anilines is 1. The maximum atomic E-state index is 12.8. The van der Waals surface area contributed by atoms with Gasteiger partial charge in [0, 0.05) is 12.6 Å². The zero-order valence-corrected chi connectivity index (χ0v) is 14.2. The Morgan fingerprint density at radius 1 is 1.15 bits per heavy atom. The third-order valence-electron chi connectivity index (χ3n) is 6.64. The number of fused-ring (bicyclic) bond motifs is 8. The first-order chi connectivity index (χ1) is 12.9. The molecule has 2 saturated heterocycles. The highest BCUT2D eigenvalue weighted by Crippen LogP contribution is 2.66. The molecule has 2 aliphatic heterocycles. The van der Waals surface area contributed by atoms with Crippen LogP contribution in [0.5, 0.6) is 0 Å². The van der Waals surface area contributed by atoms with Crippen molar-refractivity contribution >= 4 is 29.2 Å². The molecule has 0 spiro atoms. The molecule has 0 radical (unpaired) electrons. The van der Waals surface area contributed by atoms with Crippen LogP contribution in [0.4, 0.5) is 11.4 Å². The Balaban J connectivity index is 1.42. The molecule has 140 valence electrons. The summed E-state index contributed by atoms with van der Waals surface area (Å²) < 4.78 is 0. The van der Waals surface area contributed by atoms with Crippen LogP contribution in [0.25, 0.3) is 0 Å². The lowest BCUT2D eigenvalue weighted by Crippen LogP contribution is -2.35. The summed E-state index contributed by atoms with van der Waals surface area (Å²) in [5.74, 6) is -2.41. The topological polar surface area (TPSA) is 121 Å². The number of likely N-dealkylation sites (tertiary alicyclic amines) is 1. The van der Waals surface area contributed by atoms with Gasteiger partial charge in [0.15, 0.2) is 0 Å². The van der Waals surface area contributed by atoms with Gasteiger partial charge < -0.3 is 10.0 Å². The van der Waals surface area contributed by atoms with Crippen molar-refractivity contribution < 1.29 is 24.4 Å². The molecule has 2 saturated carbocycles. The van der Waals surface area contributed by atoms with Crippen LogP contribution in [-0.2, 0) is 14.4 Å². The molecule has 4 aliphatic rings. The first kappa shape index (κ1) is 16.2. The molecule has 2 heterocycles. The predicted molar refractivity (Wildman–Crippen MR) is 90.7 cm³/mol. The normalized spacial score (nSPS) is 35.4. The van der Waals surface area contributed by atoms with Gasteiger partial charge in [-0.1, -0.05) is 12.1 Å². The predicted octanol–water partition coefficient (Wildman–Crippen LogP) is 0.878. The van der Waals surface area contributed by atoms with Crippen molar-refractivity contribution in [2.24, 2.45) is 23.7 Å². The fourth-order valence-corrected chi connectivity index (χ4v) is 5.76. The van der Waals surface area contributed by atoms with Crippen LogP contribution < -0.4 is 4.90 Å². The lowest BCUT2D eigenvalue weighted by molar-refractivity contribution is -0.384. The van der Waals surface area contributed by atoms with E-state index in [1.165, 1.54) is 6.07 Å². The molecule has 2 amide bonds. The zero-order valence-electron chi connectivity index (χ0n) is 14.2. The molecule has 6 atom stereocenters. The highest BCUT2D eigenvalue weighted by atomic mass is 16.6. The van der Waals surface area contributed by atoms with Gasteiger partial charge in [0.05, 0.1) is 35.3 Å². The van der Waals surface area contributed by atoms with E-state index in [1.54, 1.807) is 18.2 Å². The van der Waals surface area contributed by atoms with Crippen molar-refractivity contribution in [3.8, 4) is 0 Å². The van der Waals surface area contributed by atoms with Crippen LogP contribution in [0.15, 0.2) is 24.3 Å². The van der Waals surface area contributed by atoms with Gasteiger partial charge >= 0.3 is 5.97 Å². The van der Waals surface area contributed by atoms with Gasteiger partial charge in [0.2, 0.25) is 11.8 Å². The molecule has 1 aromatic rings. The van der Waals surface area contributed by atoms with Crippen LogP contribution in [-0.4, -0.2) is 51.3 Å². The summed E-state index contributed by atoms with van der Waals surface area (Å²) in [5.41, 5.74) is 0.590. The Labute approximate surface area is 153 Å². The zero-order chi connectivity index (χ0) is 19.0. The van der Waals surface area contributed by atoms with Crippen molar-refractivity contribution in [3.05, 3.63) is 34.4 Å². The van der Waals surface area contributed by atoms with Gasteiger partial charge in [-0.25, -0.2) is 0 Å². The maximum Gasteiger partial charge on any atom is 0.305 e. The average Bonchev–Trinajstić information content (AvgIpc) is 2.97. The molecule has 0 aromatic heterocycles. The number of carboxylic acid groups (broad SMARTS) is 1. The molecule has 9 nitrogen and oxygen atoms in total. The monoisotopic (exact) mass is 371 g/mol. The minimum atomic E-state index is -1.04. The Hall–Kier alpha value is -2.97.